The van der Waals surface area contributed by atoms with E-state index in [4.69, 9.17) is 26.2 Å². The van der Waals surface area contributed by atoms with Gasteiger partial charge in [0, 0.05) is 16.5 Å². The minimum Gasteiger partial charge on any atom is -0.481 e. The number of fused-ring (bicyclic) bond motifs is 1. The molecule has 0 bridgehead atoms. The number of carboxylic acids is 1. The van der Waals surface area contributed by atoms with Gasteiger partial charge in [-0.2, -0.15) is 0 Å². The fourth-order valence-corrected chi connectivity index (χ4v) is 2.91. The average molecular weight is 418 g/mol. The lowest BCUT2D eigenvalue weighted by Gasteiger charge is -2.17. The molecule has 2 N–H and O–H groups in total. The SMILES string of the molecule is CC(Oc1ccc(F)cc1Cl)C(=O)Nc1ccc(OCC(=O)O)c2ccccc12. The topological polar surface area (TPSA) is 84.9 Å². The number of nitrogens with one attached hydrogen (secondary N) is 1. The van der Waals surface area contributed by atoms with Gasteiger partial charge in [-0.1, -0.05) is 35.9 Å². The highest BCUT2D eigenvalue weighted by Crippen LogP contribution is 2.32. The Bertz CT molecular complexity index is 1070. The zero-order valence-corrected chi connectivity index (χ0v) is 16.1. The molecule has 1 unspecified atom stereocenters. The fourth-order valence-electron chi connectivity index (χ4n) is 2.69. The Morgan fingerprint density at radius 2 is 1.79 bits per heavy atom. The van der Waals surface area contributed by atoms with E-state index in [0.29, 0.717) is 22.2 Å². The summed E-state index contributed by atoms with van der Waals surface area (Å²) in [4.78, 5) is 23.3. The molecule has 3 aromatic rings. The lowest BCUT2D eigenvalue weighted by Crippen LogP contribution is -2.30. The van der Waals surface area contributed by atoms with E-state index in [1.165, 1.54) is 12.1 Å². The van der Waals surface area contributed by atoms with Gasteiger partial charge in [0.2, 0.25) is 0 Å². The predicted octanol–water partition coefficient (Wildman–Crippen LogP) is 4.50. The summed E-state index contributed by atoms with van der Waals surface area (Å²) in [5.74, 6) is -1.44. The van der Waals surface area contributed by atoms with Gasteiger partial charge in [0.25, 0.3) is 5.91 Å². The number of hydrogen-bond acceptors (Lipinski definition) is 4. The molecule has 3 rings (SSSR count). The number of amides is 1. The molecule has 0 heterocycles. The monoisotopic (exact) mass is 417 g/mol. The third-order valence-corrected chi connectivity index (χ3v) is 4.36. The van der Waals surface area contributed by atoms with Gasteiger partial charge in [-0.15, -0.1) is 0 Å². The molecule has 0 aliphatic carbocycles. The van der Waals surface area contributed by atoms with Crippen LogP contribution in [0.3, 0.4) is 0 Å². The van der Waals surface area contributed by atoms with Crippen LogP contribution in [0.5, 0.6) is 11.5 Å². The molecule has 150 valence electrons. The molecule has 1 amide bonds. The first-order valence-corrected chi connectivity index (χ1v) is 9.02. The van der Waals surface area contributed by atoms with Crippen molar-refractivity contribution < 1.29 is 28.6 Å². The molecule has 0 fully saturated rings. The number of carbonyl (C=O) groups is 2. The number of carbonyl (C=O) groups excluding carboxylic acids is 1. The number of ether oxygens (including phenoxy) is 2. The summed E-state index contributed by atoms with van der Waals surface area (Å²) in [5, 5.41) is 13.0. The molecular weight excluding hydrogens is 401 g/mol. The third kappa shape index (κ3) is 4.94. The Hall–Kier alpha value is -3.32. The Morgan fingerprint density at radius 3 is 2.48 bits per heavy atom. The molecule has 0 saturated heterocycles. The lowest BCUT2D eigenvalue weighted by molar-refractivity contribution is -0.139. The molecule has 0 aromatic heterocycles. The molecule has 0 radical (unpaired) electrons. The van der Waals surface area contributed by atoms with Gasteiger partial charge in [0.1, 0.15) is 17.3 Å². The lowest BCUT2D eigenvalue weighted by atomic mass is 10.1. The Balaban J connectivity index is 1.79. The summed E-state index contributed by atoms with van der Waals surface area (Å²) in [6.07, 6.45) is -0.903. The van der Waals surface area contributed by atoms with Crippen LogP contribution in [-0.4, -0.2) is 29.7 Å². The largest absolute Gasteiger partial charge is 0.481 e. The Labute approximate surface area is 170 Å². The van der Waals surface area contributed by atoms with E-state index in [9.17, 15) is 14.0 Å². The second-order valence-electron chi connectivity index (χ2n) is 6.16. The normalized spacial score (nSPS) is 11.7. The van der Waals surface area contributed by atoms with Crippen molar-refractivity contribution in [2.24, 2.45) is 0 Å². The first-order chi connectivity index (χ1) is 13.8. The fraction of sp³-hybridized carbons (Fsp3) is 0.143. The number of hydrogen-bond donors (Lipinski definition) is 2. The zero-order valence-electron chi connectivity index (χ0n) is 15.3. The van der Waals surface area contributed by atoms with Crippen molar-refractivity contribution in [3.05, 3.63) is 65.4 Å². The van der Waals surface area contributed by atoms with E-state index in [1.807, 2.05) is 0 Å². The first-order valence-electron chi connectivity index (χ1n) is 8.64. The maximum absolute atomic E-state index is 13.1. The molecule has 6 nitrogen and oxygen atoms in total. The molecule has 0 saturated carbocycles. The average Bonchev–Trinajstić information content (AvgIpc) is 2.69. The van der Waals surface area contributed by atoms with Crippen molar-refractivity contribution in [3.8, 4) is 11.5 Å². The van der Waals surface area contributed by atoms with Gasteiger partial charge >= 0.3 is 5.97 Å². The van der Waals surface area contributed by atoms with Crippen molar-refractivity contribution >= 4 is 39.9 Å². The molecule has 8 heteroatoms. The van der Waals surface area contributed by atoms with Gasteiger partial charge in [-0.3, -0.25) is 4.79 Å². The second-order valence-corrected chi connectivity index (χ2v) is 6.57. The van der Waals surface area contributed by atoms with E-state index in [0.717, 1.165) is 6.07 Å². The molecule has 0 spiro atoms. The highest BCUT2D eigenvalue weighted by molar-refractivity contribution is 6.32. The van der Waals surface area contributed by atoms with Crippen LogP contribution in [-0.2, 0) is 9.59 Å². The number of halogens is 2. The summed E-state index contributed by atoms with van der Waals surface area (Å²) in [7, 11) is 0. The molecular formula is C21H17ClFNO5. The number of aliphatic carboxylic acids is 1. The summed E-state index contributed by atoms with van der Waals surface area (Å²) in [6.45, 7) is 1.07. The van der Waals surface area contributed by atoms with Gasteiger partial charge in [-0.25, -0.2) is 9.18 Å². The van der Waals surface area contributed by atoms with Crippen molar-refractivity contribution in [2.45, 2.75) is 13.0 Å². The first kappa shape index (κ1) is 20.4. The van der Waals surface area contributed by atoms with Crippen LogP contribution in [0.4, 0.5) is 10.1 Å². The van der Waals surface area contributed by atoms with Crippen molar-refractivity contribution in [1.82, 2.24) is 0 Å². The van der Waals surface area contributed by atoms with Crippen LogP contribution in [0, 0.1) is 5.82 Å². The van der Waals surface area contributed by atoms with E-state index < -0.39 is 30.4 Å². The standard InChI is InChI=1S/C21H17ClFNO5/c1-12(29-19-8-6-13(23)10-16(19)22)21(27)24-17-7-9-18(28-11-20(25)26)15-5-3-2-4-14(15)17/h2-10,12H,11H2,1H3,(H,24,27)(H,25,26). The maximum atomic E-state index is 13.1. The van der Waals surface area contributed by atoms with Crippen LogP contribution in [0.1, 0.15) is 6.92 Å². The summed E-state index contributed by atoms with van der Waals surface area (Å²) >= 11 is 5.93. The zero-order chi connectivity index (χ0) is 21.0. The smallest absolute Gasteiger partial charge is 0.341 e. The minimum absolute atomic E-state index is 0.0648. The van der Waals surface area contributed by atoms with Crippen molar-refractivity contribution in [2.75, 3.05) is 11.9 Å². The number of anilines is 1. The number of rotatable bonds is 7. The molecule has 0 aliphatic heterocycles. The van der Waals surface area contributed by atoms with Gasteiger partial charge < -0.3 is 19.9 Å². The Morgan fingerprint density at radius 1 is 1.10 bits per heavy atom. The minimum atomic E-state index is -1.09. The number of benzene rings is 3. The number of carboxylic acid groups (broad SMARTS) is 1. The van der Waals surface area contributed by atoms with Crippen LogP contribution in [0.25, 0.3) is 10.8 Å². The van der Waals surface area contributed by atoms with E-state index in [-0.39, 0.29) is 10.8 Å². The van der Waals surface area contributed by atoms with Crippen molar-refractivity contribution in [3.63, 3.8) is 0 Å². The highest BCUT2D eigenvalue weighted by Gasteiger charge is 2.18. The van der Waals surface area contributed by atoms with Gasteiger partial charge in [-0.05, 0) is 37.3 Å². The van der Waals surface area contributed by atoms with Crippen LogP contribution >= 0.6 is 11.6 Å². The predicted molar refractivity (Wildman–Crippen MR) is 107 cm³/mol. The van der Waals surface area contributed by atoms with Gasteiger partial charge in [0.05, 0.1) is 5.02 Å². The van der Waals surface area contributed by atoms with Crippen LogP contribution in [0.2, 0.25) is 5.02 Å². The second kappa shape index (κ2) is 8.79. The third-order valence-electron chi connectivity index (χ3n) is 4.06. The molecule has 1 atom stereocenters. The van der Waals surface area contributed by atoms with E-state index in [2.05, 4.69) is 5.32 Å². The van der Waals surface area contributed by atoms with E-state index in [1.54, 1.807) is 43.3 Å². The molecule has 3 aromatic carbocycles. The summed E-state index contributed by atoms with van der Waals surface area (Å²) < 4.78 is 24.0. The van der Waals surface area contributed by atoms with Crippen LogP contribution < -0.4 is 14.8 Å². The van der Waals surface area contributed by atoms with Crippen LogP contribution in [0.15, 0.2) is 54.6 Å². The van der Waals surface area contributed by atoms with Gasteiger partial charge in [0.15, 0.2) is 12.7 Å². The Kier molecular flexibility index (Phi) is 6.19. The van der Waals surface area contributed by atoms with E-state index >= 15 is 0 Å². The highest BCUT2D eigenvalue weighted by atomic mass is 35.5. The molecule has 0 aliphatic rings. The quantitative estimate of drug-likeness (QED) is 0.591. The maximum Gasteiger partial charge on any atom is 0.341 e. The summed E-state index contributed by atoms with van der Waals surface area (Å²) in [6, 6.07) is 14.0. The molecule has 29 heavy (non-hydrogen) atoms. The summed E-state index contributed by atoms with van der Waals surface area (Å²) in [5.41, 5.74) is 0.508. The van der Waals surface area contributed by atoms with Crippen molar-refractivity contribution in [1.29, 1.82) is 0 Å².